The molecule has 0 aliphatic heterocycles. The van der Waals surface area contributed by atoms with Crippen LogP contribution < -0.4 is 4.74 Å². The first kappa shape index (κ1) is 17.5. The van der Waals surface area contributed by atoms with Gasteiger partial charge in [-0.15, -0.1) is 0 Å². The second-order valence-electron chi connectivity index (χ2n) is 5.41. The fraction of sp³-hybridized carbons (Fsp3) is 0.0500. The lowest BCUT2D eigenvalue weighted by molar-refractivity contribution is 0.413. The van der Waals surface area contributed by atoms with Gasteiger partial charge < -0.3 is 9.30 Å². The predicted octanol–water partition coefficient (Wildman–Crippen LogP) is 3.82. The summed E-state index contributed by atoms with van der Waals surface area (Å²) >= 11 is 0. The molecule has 0 aliphatic rings. The molecule has 0 amide bonds. The van der Waals surface area contributed by atoms with Gasteiger partial charge in [-0.2, -0.15) is 5.26 Å². The zero-order valence-electron chi connectivity index (χ0n) is 14.0. The van der Waals surface area contributed by atoms with E-state index in [2.05, 4.69) is 0 Å². The predicted molar refractivity (Wildman–Crippen MR) is 99.5 cm³/mol. The second-order valence-corrected chi connectivity index (χ2v) is 7.33. The number of sulfone groups is 1. The van der Waals surface area contributed by atoms with Gasteiger partial charge in [-0.1, -0.05) is 30.3 Å². The number of ether oxygens (including phenoxy) is 1. The lowest BCUT2D eigenvalue weighted by atomic mass is 10.2. The number of hydrogen-bond acceptors (Lipinski definition) is 4. The van der Waals surface area contributed by atoms with Gasteiger partial charge in [-0.25, -0.2) is 8.42 Å². The SMILES string of the molecule is COc1ccccc1-n1cccc1/C=C(\C#N)S(=O)(=O)c1ccccc1. The molecule has 26 heavy (non-hydrogen) atoms. The summed E-state index contributed by atoms with van der Waals surface area (Å²) in [6.07, 6.45) is 3.16. The van der Waals surface area contributed by atoms with Gasteiger partial charge in [0.15, 0.2) is 4.91 Å². The molecule has 2 aromatic carbocycles. The van der Waals surface area contributed by atoms with E-state index in [1.165, 1.54) is 18.2 Å². The smallest absolute Gasteiger partial charge is 0.216 e. The Kier molecular flexibility index (Phi) is 4.92. The maximum atomic E-state index is 12.7. The van der Waals surface area contributed by atoms with Crippen LogP contribution in [0.5, 0.6) is 5.75 Å². The van der Waals surface area contributed by atoms with Crippen LogP contribution in [0.4, 0.5) is 0 Å². The number of methoxy groups -OCH3 is 1. The van der Waals surface area contributed by atoms with Crippen molar-refractivity contribution in [3.8, 4) is 17.5 Å². The summed E-state index contributed by atoms with van der Waals surface area (Å²) in [6.45, 7) is 0. The average molecular weight is 364 g/mol. The Balaban J connectivity index is 2.11. The molecule has 0 aliphatic carbocycles. The van der Waals surface area contributed by atoms with Crippen molar-refractivity contribution in [1.82, 2.24) is 4.57 Å². The third-order valence-corrected chi connectivity index (χ3v) is 5.54. The first-order chi connectivity index (χ1) is 12.6. The topological polar surface area (TPSA) is 72.1 Å². The van der Waals surface area contributed by atoms with Crippen molar-refractivity contribution in [2.75, 3.05) is 7.11 Å². The molecular weight excluding hydrogens is 348 g/mol. The molecule has 130 valence electrons. The quantitative estimate of drug-likeness (QED) is 0.645. The Hall–Kier alpha value is -3.30. The molecule has 0 bridgehead atoms. The molecule has 0 saturated heterocycles. The summed E-state index contributed by atoms with van der Waals surface area (Å²) < 4.78 is 32.6. The highest BCUT2D eigenvalue weighted by atomic mass is 32.2. The van der Waals surface area contributed by atoms with E-state index in [-0.39, 0.29) is 9.80 Å². The van der Waals surface area contributed by atoms with Gasteiger partial charge in [0.2, 0.25) is 9.84 Å². The summed E-state index contributed by atoms with van der Waals surface area (Å²) in [5.41, 5.74) is 1.31. The number of aromatic nitrogens is 1. The molecule has 3 aromatic rings. The Morgan fingerprint density at radius 2 is 1.73 bits per heavy atom. The largest absolute Gasteiger partial charge is 0.495 e. The van der Waals surface area contributed by atoms with E-state index < -0.39 is 9.84 Å². The van der Waals surface area contributed by atoms with Crippen LogP contribution in [-0.2, 0) is 9.84 Å². The third-order valence-electron chi connectivity index (χ3n) is 3.86. The molecule has 0 radical (unpaired) electrons. The Bertz CT molecular complexity index is 1090. The standard InChI is InChI=1S/C20H16N2O3S/c1-25-20-12-6-5-11-19(20)22-13-7-8-16(22)14-18(15-21)26(23,24)17-9-3-2-4-10-17/h2-14H,1H3/b18-14+. The number of rotatable bonds is 5. The van der Waals surface area contributed by atoms with Crippen LogP contribution in [0, 0.1) is 11.3 Å². The van der Waals surface area contributed by atoms with Crippen molar-refractivity contribution in [3.05, 3.63) is 83.5 Å². The van der Waals surface area contributed by atoms with Crippen LogP contribution in [0.1, 0.15) is 5.69 Å². The lowest BCUT2D eigenvalue weighted by Gasteiger charge is -2.11. The van der Waals surface area contributed by atoms with Gasteiger partial charge >= 0.3 is 0 Å². The Morgan fingerprint density at radius 1 is 1.04 bits per heavy atom. The maximum Gasteiger partial charge on any atom is 0.216 e. The Labute approximate surface area is 152 Å². The lowest BCUT2D eigenvalue weighted by Crippen LogP contribution is -2.04. The molecule has 6 heteroatoms. The highest BCUT2D eigenvalue weighted by Crippen LogP contribution is 2.26. The van der Waals surface area contributed by atoms with E-state index in [1.54, 1.807) is 48.2 Å². The molecule has 3 rings (SSSR count). The molecule has 0 atom stereocenters. The van der Waals surface area contributed by atoms with E-state index in [4.69, 9.17) is 4.74 Å². The zero-order valence-corrected chi connectivity index (χ0v) is 14.8. The minimum Gasteiger partial charge on any atom is -0.495 e. The van der Waals surface area contributed by atoms with Crippen LogP contribution in [0.2, 0.25) is 0 Å². The normalized spacial score (nSPS) is 11.8. The molecular formula is C20H16N2O3S. The van der Waals surface area contributed by atoms with Crippen molar-refractivity contribution in [3.63, 3.8) is 0 Å². The van der Waals surface area contributed by atoms with E-state index in [0.717, 1.165) is 5.69 Å². The maximum absolute atomic E-state index is 12.7. The van der Waals surface area contributed by atoms with E-state index in [0.29, 0.717) is 11.4 Å². The van der Waals surface area contributed by atoms with Gasteiger partial charge in [0.25, 0.3) is 0 Å². The number of benzene rings is 2. The van der Waals surface area contributed by atoms with Gasteiger partial charge in [-0.3, -0.25) is 0 Å². The van der Waals surface area contributed by atoms with Crippen LogP contribution in [0.15, 0.2) is 82.7 Å². The first-order valence-corrected chi connectivity index (χ1v) is 9.29. The summed E-state index contributed by atoms with van der Waals surface area (Å²) in [7, 11) is -2.32. The van der Waals surface area contributed by atoms with E-state index in [9.17, 15) is 13.7 Å². The fourth-order valence-electron chi connectivity index (χ4n) is 2.59. The minimum absolute atomic E-state index is 0.0863. The molecule has 0 unspecified atom stereocenters. The van der Waals surface area contributed by atoms with Crippen molar-refractivity contribution < 1.29 is 13.2 Å². The van der Waals surface area contributed by atoms with E-state index in [1.807, 2.05) is 30.3 Å². The number of nitrogens with zero attached hydrogens (tertiary/aromatic N) is 2. The molecule has 0 spiro atoms. The summed E-state index contributed by atoms with van der Waals surface area (Å²) in [5.74, 6) is 0.641. The molecule has 1 aromatic heterocycles. The van der Waals surface area contributed by atoms with E-state index >= 15 is 0 Å². The number of para-hydroxylation sites is 2. The summed E-state index contributed by atoms with van der Waals surface area (Å²) in [5, 5.41) is 9.45. The first-order valence-electron chi connectivity index (χ1n) is 7.80. The van der Waals surface area contributed by atoms with Crippen molar-refractivity contribution >= 4 is 15.9 Å². The van der Waals surface area contributed by atoms with Gasteiger partial charge in [0, 0.05) is 11.9 Å². The van der Waals surface area contributed by atoms with Crippen molar-refractivity contribution in [2.45, 2.75) is 4.90 Å². The van der Waals surface area contributed by atoms with Gasteiger partial charge in [0.05, 0.1) is 17.7 Å². The summed E-state index contributed by atoms with van der Waals surface area (Å²) in [6, 6.07) is 20.6. The highest BCUT2D eigenvalue weighted by Gasteiger charge is 2.21. The highest BCUT2D eigenvalue weighted by molar-refractivity contribution is 7.95. The van der Waals surface area contributed by atoms with Crippen LogP contribution in [0.3, 0.4) is 0 Å². The van der Waals surface area contributed by atoms with Crippen molar-refractivity contribution in [1.29, 1.82) is 5.26 Å². The molecule has 5 nitrogen and oxygen atoms in total. The van der Waals surface area contributed by atoms with Crippen LogP contribution >= 0.6 is 0 Å². The van der Waals surface area contributed by atoms with Crippen LogP contribution in [-0.4, -0.2) is 20.1 Å². The van der Waals surface area contributed by atoms with Crippen LogP contribution in [0.25, 0.3) is 11.8 Å². The second kappa shape index (κ2) is 7.30. The van der Waals surface area contributed by atoms with Gasteiger partial charge in [0.1, 0.15) is 11.8 Å². The van der Waals surface area contributed by atoms with Gasteiger partial charge in [-0.05, 0) is 42.5 Å². The number of hydrogen-bond donors (Lipinski definition) is 0. The third kappa shape index (κ3) is 3.25. The number of nitriles is 1. The monoisotopic (exact) mass is 364 g/mol. The zero-order chi connectivity index (χ0) is 18.6. The minimum atomic E-state index is -3.89. The fourth-order valence-corrected chi connectivity index (χ4v) is 3.76. The molecule has 1 heterocycles. The number of allylic oxidation sites excluding steroid dienone is 1. The molecule has 0 N–H and O–H groups in total. The molecule has 0 saturated carbocycles. The van der Waals surface area contributed by atoms with Crippen molar-refractivity contribution in [2.24, 2.45) is 0 Å². The summed E-state index contributed by atoms with van der Waals surface area (Å²) in [4.78, 5) is -0.234. The Morgan fingerprint density at radius 3 is 2.42 bits per heavy atom. The average Bonchev–Trinajstić information content (AvgIpc) is 3.14. The molecule has 0 fully saturated rings.